The average Bonchev–Trinajstić information content (AvgIpc) is 2.76. The predicted octanol–water partition coefficient (Wildman–Crippen LogP) is 2.55. The summed E-state index contributed by atoms with van der Waals surface area (Å²) >= 11 is 0. The molecule has 0 radical (unpaired) electrons. The smallest absolute Gasteiger partial charge is 0.353 e. The molecule has 1 aliphatic heterocycles. The Labute approximate surface area is 167 Å². The molecule has 10 heteroatoms. The van der Waals surface area contributed by atoms with Crippen molar-refractivity contribution in [1.82, 2.24) is 19.9 Å². The average molecular weight is 392 g/mol. The Kier molecular flexibility index (Phi) is 5.14. The van der Waals surface area contributed by atoms with Gasteiger partial charge in [0.25, 0.3) is 0 Å². The number of nitrogens with zero attached hydrogens (tertiary/aromatic N) is 7. The Morgan fingerprint density at radius 2 is 1.69 bits per heavy atom. The van der Waals surface area contributed by atoms with Crippen LogP contribution in [-0.4, -0.2) is 51.0 Å². The zero-order valence-electron chi connectivity index (χ0n) is 15.9. The van der Waals surface area contributed by atoms with E-state index in [0.29, 0.717) is 37.8 Å². The summed E-state index contributed by atoms with van der Waals surface area (Å²) < 4.78 is 0. The Bertz CT molecular complexity index is 1010. The van der Waals surface area contributed by atoms with Crippen molar-refractivity contribution in [3.8, 4) is 0 Å². The molecule has 1 fully saturated rings. The lowest BCUT2D eigenvalue weighted by Crippen LogP contribution is -2.47. The molecule has 0 aliphatic carbocycles. The molecule has 0 bridgehead atoms. The summed E-state index contributed by atoms with van der Waals surface area (Å²) in [5, 5.41) is 14.8. The molecule has 0 spiro atoms. The number of nitro groups is 1. The second-order valence-electron chi connectivity index (χ2n) is 6.61. The lowest BCUT2D eigenvalue weighted by molar-refractivity contribution is -0.383. The third-order valence-electron chi connectivity index (χ3n) is 4.78. The highest BCUT2D eigenvalue weighted by Crippen LogP contribution is 2.34. The molecule has 29 heavy (non-hydrogen) atoms. The fourth-order valence-electron chi connectivity index (χ4n) is 3.28. The molecule has 148 valence electrons. The highest BCUT2D eigenvalue weighted by Gasteiger charge is 2.29. The van der Waals surface area contributed by atoms with Crippen LogP contribution in [0.15, 0.2) is 49.1 Å². The van der Waals surface area contributed by atoms with Crippen LogP contribution in [0.1, 0.15) is 5.56 Å². The van der Waals surface area contributed by atoms with Gasteiger partial charge in [0.15, 0.2) is 0 Å². The van der Waals surface area contributed by atoms with Gasteiger partial charge in [-0.25, -0.2) is 19.9 Å². The maximum Gasteiger partial charge on any atom is 0.353 e. The number of piperazine rings is 1. The highest BCUT2D eigenvalue weighted by molar-refractivity contribution is 5.74. The van der Waals surface area contributed by atoms with E-state index in [4.69, 9.17) is 0 Å². The van der Waals surface area contributed by atoms with Gasteiger partial charge in [-0.2, -0.15) is 0 Å². The molecule has 3 aromatic heterocycles. The van der Waals surface area contributed by atoms with Crippen molar-refractivity contribution in [3.63, 3.8) is 0 Å². The predicted molar refractivity (Wildman–Crippen MR) is 110 cm³/mol. The van der Waals surface area contributed by atoms with E-state index in [0.717, 1.165) is 11.4 Å². The molecule has 3 aromatic rings. The highest BCUT2D eigenvalue weighted by atomic mass is 16.6. The molecule has 0 amide bonds. The normalized spacial score (nSPS) is 14.0. The number of anilines is 4. The lowest BCUT2D eigenvalue weighted by Gasteiger charge is -2.35. The number of rotatable bonds is 5. The van der Waals surface area contributed by atoms with Crippen LogP contribution in [0.4, 0.5) is 29.0 Å². The van der Waals surface area contributed by atoms with Gasteiger partial charge in [-0.05, 0) is 30.7 Å². The Balaban J connectivity index is 1.58. The summed E-state index contributed by atoms with van der Waals surface area (Å²) in [5.41, 5.74) is 0.717. The first kappa shape index (κ1) is 18.5. The molecular weight excluding hydrogens is 372 g/mol. The van der Waals surface area contributed by atoms with E-state index in [1.54, 1.807) is 18.5 Å². The molecule has 10 nitrogen and oxygen atoms in total. The van der Waals surface area contributed by atoms with Crippen LogP contribution in [0.3, 0.4) is 0 Å². The molecule has 1 saturated heterocycles. The van der Waals surface area contributed by atoms with Crippen molar-refractivity contribution in [2.75, 3.05) is 41.3 Å². The minimum atomic E-state index is -0.443. The van der Waals surface area contributed by atoms with Crippen LogP contribution in [0, 0.1) is 17.0 Å². The fourth-order valence-corrected chi connectivity index (χ4v) is 3.28. The van der Waals surface area contributed by atoms with Crippen LogP contribution in [0.25, 0.3) is 0 Å². The van der Waals surface area contributed by atoms with Gasteiger partial charge in [0.05, 0.1) is 4.92 Å². The first-order valence-electron chi connectivity index (χ1n) is 9.22. The quantitative estimate of drug-likeness (QED) is 0.517. The number of aromatic nitrogens is 4. The van der Waals surface area contributed by atoms with Gasteiger partial charge in [0, 0.05) is 38.6 Å². The van der Waals surface area contributed by atoms with Gasteiger partial charge in [-0.1, -0.05) is 12.1 Å². The van der Waals surface area contributed by atoms with E-state index in [1.807, 2.05) is 36.1 Å². The third kappa shape index (κ3) is 3.91. The number of hydrogen-bond donors (Lipinski definition) is 1. The lowest BCUT2D eigenvalue weighted by atomic mass is 10.2. The number of aryl methyl sites for hydroxylation is 1. The Morgan fingerprint density at radius 1 is 0.931 bits per heavy atom. The number of nitrogens with one attached hydrogen (secondary N) is 1. The minimum absolute atomic E-state index is 0.133. The van der Waals surface area contributed by atoms with E-state index < -0.39 is 4.92 Å². The summed E-state index contributed by atoms with van der Waals surface area (Å²) in [7, 11) is 0. The second-order valence-corrected chi connectivity index (χ2v) is 6.61. The zero-order chi connectivity index (χ0) is 20.2. The van der Waals surface area contributed by atoms with Gasteiger partial charge >= 0.3 is 5.69 Å². The van der Waals surface area contributed by atoms with E-state index in [2.05, 4.69) is 30.2 Å². The van der Waals surface area contributed by atoms with Crippen LogP contribution in [-0.2, 0) is 0 Å². The van der Waals surface area contributed by atoms with Crippen molar-refractivity contribution in [2.24, 2.45) is 0 Å². The Morgan fingerprint density at radius 3 is 2.38 bits per heavy atom. The number of hydrogen-bond acceptors (Lipinski definition) is 9. The minimum Gasteiger partial charge on any atom is -0.353 e. The SMILES string of the molecule is Cc1cccnc1Nc1ncnc(N2CCN(c3ccccn3)CC2)c1[N+](=O)[O-]. The van der Waals surface area contributed by atoms with Gasteiger partial charge < -0.3 is 15.1 Å². The van der Waals surface area contributed by atoms with E-state index in [1.165, 1.54) is 6.33 Å². The van der Waals surface area contributed by atoms with Crippen molar-refractivity contribution in [3.05, 3.63) is 64.7 Å². The second kappa shape index (κ2) is 8.05. The summed E-state index contributed by atoms with van der Waals surface area (Å²) in [6.07, 6.45) is 4.72. The largest absolute Gasteiger partial charge is 0.353 e. The molecule has 1 aliphatic rings. The Hall–Kier alpha value is -3.82. The molecule has 1 N–H and O–H groups in total. The fraction of sp³-hybridized carbons (Fsp3) is 0.263. The van der Waals surface area contributed by atoms with E-state index >= 15 is 0 Å². The summed E-state index contributed by atoms with van der Waals surface area (Å²) in [6, 6.07) is 9.46. The van der Waals surface area contributed by atoms with Crippen molar-refractivity contribution < 1.29 is 4.92 Å². The molecule has 0 aromatic carbocycles. The van der Waals surface area contributed by atoms with E-state index in [9.17, 15) is 10.1 Å². The topological polar surface area (TPSA) is 113 Å². The van der Waals surface area contributed by atoms with Crippen molar-refractivity contribution >= 4 is 29.0 Å². The van der Waals surface area contributed by atoms with Crippen LogP contribution in [0.2, 0.25) is 0 Å². The van der Waals surface area contributed by atoms with Crippen LogP contribution >= 0.6 is 0 Å². The molecular formula is C19H20N8O2. The third-order valence-corrected chi connectivity index (χ3v) is 4.78. The van der Waals surface area contributed by atoms with Crippen molar-refractivity contribution in [1.29, 1.82) is 0 Å². The van der Waals surface area contributed by atoms with Gasteiger partial charge in [-0.15, -0.1) is 0 Å². The maximum absolute atomic E-state index is 11.9. The monoisotopic (exact) mass is 392 g/mol. The number of pyridine rings is 2. The van der Waals surface area contributed by atoms with Gasteiger partial charge in [0.2, 0.25) is 11.6 Å². The molecule has 4 rings (SSSR count). The van der Waals surface area contributed by atoms with Crippen LogP contribution in [0.5, 0.6) is 0 Å². The molecule has 0 saturated carbocycles. The van der Waals surface area contributed by atoms with E-state index in [-0.39, 0.29) is 11.5 Å². The molecule has 0 atom stereocenters. The summed E-state index contributed by atoms with van der Waals surface area (Å²) in [5.74, 6) is 1.87. The van der Waals surface area contributed by atoms with Crippen molar-refractivity contribution in [2.45, 2.75) is 6.92 Å². The maximum atomic E-state index is 11.9. The molecule has 4 heterocycles. The first-order chi connectivity index (χ1) is 14.1. The van der Waals surface area contributed by atoms with Gasteiger partial charge in [0.1, 0.15) is 18.0 Å². The van der Waals surface area contributed by atoms with Crippen LogP contribution < -0.4 is 15.1 Å². The first-order valence-corrected chi connectivity index (χ1v) is 9.22. The standard InChI is InChI=1S/C19H20N8O2/c1-14-5-4-8-21-17(14)24-18-16(27(28)29)19(23-13-22-18)26-11-9-25(10-12-26)15-6-2-3-7-20-15/h2-8,13H,9-12H2,1H3,(H,21,22,23,24). The summed E-state index contributed by atoms with van der Waals surface area (Å²) in [6.45, 7) is 4.45. The zero-order valence-corrected chi connectivity index (χ0v) is 15.9. The molecule has 0 unspecified atom stereocenters. The summed E-state index contributed by atoms with van der Waals surface area (Å²) in [4.78, 5) is 32.4. The van der Waals surface area contributed by atoms with Gasteiger partial charge in [-0.3, -0.25) is 10.1 Å².